The van der Waals surface area contributed by atoms with Crippen molar-refractivity contribution >= 4 is 21.4 Å². The molecule has 0 saturated heterocycles. The molecule has 21 heavy (non-hydrogen) atoms. The Hall–Kier alpha value is -1.22. The van der Waals surface area contributed by atoms with Crippen LogP contribution in [0.15, 0.2) is 34.8 Å². The van der Waals surface area contributed by atoms with E-state index in [1.165, 1.54) is 28.4 Å². The van der Waals surface area contributed by atoms with Crippen LogP contribution in [0.2, 0.25) is 0 Å². The van der Waals surface area contributed by atoms with Gasteiger partial charge in [0.1, 0.15) is 10.5 Å². The number of nitrogens with one attached hydrogen (secondary N) is 1. The Morgan fingerprint density at radius 2 is 2.33 bits per heavy atom. The lowest BCUT2D eigenvalue weighted by atomic mass is 9.96. The lowest BCUT2D eigenvalue weighted by molar-refractivity contribution is 0.0222. The van der Waals surface area contributed by atoms with Crippen LogP contribution >= 0.6 is 11.3 Å². The number of aromatic nitrogens is 2. The van der Waals surface area contributed by atoms with E-state index >= 15 is 0 Å². The van der Waals surface area contributed by atoms with Gasteiger partial charge in [-0.3, -0.25) is 4.68 Å². The van der Waals surface area contributed by atoms with Crippen molar-refractivity contribution in [3.05, 3.63) is 34.8 Å². The van der Waals surface area contributed by atoms with Gasteiger partial charge in [-0.25, -0.2) is 13.1 Å². The molecule has 2 heterocycles. The third-order valence-corrected chi connectivity index (χ3v) is 6.12. The van der Waals surface area contributed by atoms with Gasteiger partial charge in [-0.2, -0.15) is 5.10 Å². The highest BCUT2D eigenvalue weighted by Crippen LogP contribution is 2.46. The van der Waals surface area contributed by atoms with Crippen LogP contribution in [0.3, 0.4) is 0 Å². The quantitative estimate of drug-likeness (QED) is 0.831. The molecule has 1 fully saturated rings. The summed E-state index contributed by atoms with van der Waals surface area (Å²) in [5.74, 6) is 0.118. The maximum absolute atomic E-state index is 12.2. The number of aliphatic hydroxyl groups is 1. The predicted molar refractivity (Wildman–Crippen MR) is 79.3 cm³/mol. The monoisotopic (exact) mass is 327 g/mol. The summed E-state index contributed by atoms with van der Waals surface area (Å²) in [6.07, 6.45) is 4.57. The molecule has 0 spiro atoms. The highest BCUT2D eigenvalue weighted by Gasteiger charge is 2.46. The average Bonchev–Trinajstić information content (AvgIpc) is 2.97. The third kappa shape index (κ3) is 2.89. The summed E-state index contributed by atoms with van der Waals surface area (Å²) >= 11 is 1.45. The molecule has 3 rings (SSSR count). The first-order valence-corrected chi connectivity index (χ1v) is 9.03. The fourth-order valence-corrected chi connectivity index (χ4v) is 4.30. The number of nitrogens with zero attached hydrogens (tertiary/aromatic N) is 2. The molecule has 114 valence electrons. The minimum absolute atomic E-state index is 0.0184. The second kappa shape index (κ2) is 5.20. The summed E-state index contributed by atoms with van der Waals surface area (Å²) in [5, 5.41) is 16.6. The molecule has 1 saturated carbocycles. The minimum Gasteiger partial charge on any atom is -0.383 e. The van der Waals surface area contributed by atoms with E-state index in [4.69, 9.17) is 0 Å². The molecule has 1 aliphatic carbocycles. The molecule has 0 aliphatic heterocycles. The summed E-state index contributed by atoms with van der Waals surface area (Å²) < 4.78 is 28.4. The zero-order chi connectivity index (χ0) is 15.1. The van der Waals surface area contributed by atoms with Crippen molar-refractivity contribution in [3.63, 3.8) is 0 Å². The van der Waals surface area contributed by atoms with Gasteiger partial charge >= 0.3 is 0 Å². The fourth-order valence-electron chi connectivity index (χ4n) is 2.34. The van der Waals surface area contributed by atoms with Crippen molar-refractivity contribution in [2.75, 3.05) is 6.54 Å². The topological polar surface area (TPSA) is 84.2 Å². The number of hydrogen-bond acceptors (Lipinski definition) is 5. The molecule has 8 heteroatoms. The Morgan fingerprint density at radius 3 is 2.86 bits per heavy atom. The van der Waals surface area contributed by atoms with Crippen LogP contribution in [-0.2, 0) is 22.7 Å². The molecule has 0 aromatic carbocycles. The summed E-state index contributed by atoms with van der Waals surface area (Å²) in [7, 11) is -2.00. The maximum Gasteiger partial charge on any atom is 0.243 e. The van der Waals surface area contributed by atoms with Gasteiger partial charge in [0, 0.05) is 24.7 Å². The second-order valence-electron chi connectivity index (χ2n) is 5.35. The number of rotatable bonds is 6. The Balaban J connectivity index is 1.79. The molecule has 0 unspecified atom stereocenters. The van der Waals surface area contributed by atoms with E-state index in [1.54, 1.807) is 7.05 Å². The summed E-state index contributed by atoms with van der Waals surface area (Å²) in [4.78, 5) is 0.910. The molecule has 0 bridgehead atoms. The van der Waals surface area contributed by atoms with E-state index in [0.29, 0.717) is 0 Å². The van der Waals surface area contributed by atoms with Gasteiger partial charge in [0.15, 0.2) is 0 Å². The highest BCUT2D eigenvalue weighted by molar-refractivity contribution is 7.89. The molecule has 2 aromatic heterocycles. The van der Waals surface area contributed by atoms with E-state index in [9.17, 15) is 13.5 Å². The molecule has 2 aromatic rings. The molecule has 6 nitrogen and oxygen atoms in total. The Bertz CT molecular complexity index is 720. The first-order chi connectivity index (χ1) is 9.92. The standard InChI is InChI=1S/C13H17N3O3S2/c1-16-8-11(7-14-16)21(18,19)15-9-13(17,10-4-5-10)12-3-2-6-20-12/h2-3,6-8,10,15,17H,4-5,9H2,1H3/t13-/m0/s1. The summed E-state index contributed by atoms with van der Waals surface area (Å²) in [6.45, 7) is -0.0184. The normalized spacial score (nSPS) is 18.6. The van der Waals surface area contributed by atoms with Crippen LogP contribution in [0.25, 0.3) is 0 Å². The smallest absolute Gasteiger partial charge is 0.243 e. The lowest BCUT2D eigenvalue weighted by Crippen LogP contribution is -2.41. The van der Waals surface area contributed by atoms with Crippen LogP contribution < -0.4 is 4.72 Å². The zero-order valence-corrected chi connectivity index (χ0v) is 13.2. The van der Waals surface area contributed by atoms with E-state index in [1.807, 2.05) is 17.5 Å². The molecule has 1 atom stereocenters. The van der Waals surface area contributed by atoms with Gasteiger partial charge < -0.3 is 5.11 Å². The zero-order valence-electron chi connectivity index (χ0n) is 11.6. The van der Waals surface area contributed by atoms with E-state index in [-0.39, 0.29) is 17.4 Å². The Morgan fingerprint density at radius 1 is 1.57 bits per heavy atom. The van der Waals surface area contributed by atoms with Gasteiger partial charge in [0.25, 0.3) is 0 Å². The highest BCUT2D eigenvalue weighted by atomic mass is 32.2. The van der Waals surface area contributed by atoms with Gasteiger partial charge in [0.2, 0.25) is 10.0 Å². The predicted octanol–water partition coefficient (Wildman–Crippen LogP) is 1.06. The fraction of sp³-hybridized carbons (Fsp3) is 0.462. The van der Waals surface area contributed by atoms with Crippen molar-refractivity contribution in [1.82, 2.24) is 14.5 Å². The van der Waals surface area contributed by atoms with Gasteiger partial charge in [-0.1, -0.05) is 6.07 Å². The van der Waals surface area contributed by atoms with Crippen molar-refractivity contribution < 1.29 is 13.5 Å². The SMILES string of the molecule is Cn1cc(S(=O)(=O)NC[C@@](O)(c2cccs2)C2CC2)cn1. The third-order valence-electron chi connectivity index (χ3n) is 3.72. The second-order valence-corrected chi connectivity index (χ2v) is 8.06. The Kier molecular flexibility index (Phi) is 3.64. The molecule has 2 N–H and O–H groups in total. The molecule has 0 amide bonds. The maximum atomic E-state index is 12.2. The van der Waals surface area contributed by atoms with Crippen molar-refractivity contribution in [3.8, 4) is 0 Å². The number of aryl methyl sites for hydroxylation is 1. The first-order valence-electron chi connectivity index (χ1n) is 6.66. The average molecular weight is 327 g/mol. The van der Waals surface area contributed by atoms with Crippen molar-refractivity contribution in [1.29, 1.82) is 0 Å². The van der Waals surface area contributed by atoms with Gasteiger partial charge in [-0.15, -0.1) is 11.3 Å². The Labute approximate surface area is 127 Å². The van der Waals surface area contributed by atoms with Crippen LogP contribution in [-0.4, -0.2) is 29.8 Å². The van der Waals surface area contributed by atoms with E-state index in [2.05, 4.69) is 9.82 Å². The van der Waals surface area contributed by atoms with Crippen molar-refractivity contribution in [2.24, 2.45) is 13.0 Å². The number of thiophene rings is 1. The number of hydrogen-bond donors (Lipinski definition) is 2. The van der Waals surface area contributed by atoms with Gasteiger partial charge in [0.05, 0.1) is 6.20 Å². The summed E-state index contributed by atoms with van der Waals surface area (Å²) in [5.41, 5.74) is -1.12. The van der Waals surface area contributed by atoms with Crippen LogP contribution in [0, 0.1) is 5.92 Å². The molecule has 0 radical (unpaired) electrons. The van der Waals surface area contributed by atoms with E-state index < -0.39 is 15.6 Å². The van der Waals surface area contributed by atoms with Crippen LogP contribution in [0.1, 0.15) is 17.7 Å². The van der Waals surface area contributed by atoms with Gasteiger partial charge in [-0.05, 0) is 30.2 Å². The lowest BCUT2D eigenvalue weighted by Gasteiger charge is -2.27. The number of sulfonamides is 1. The van der Waals surface area contributed by atoms with Crippen LogP contribution in [0.5, 0.6) is 0 Å². The van der Waals surface area contributed by atoms with Crippen molar-refractivity contribution in [2.45, 2.75) is 23.3 Å². The first kappa shape index (κ1) is 14.7. The van der Waals surface area contributed by atoms with Crippen LogP contribution in [0.4, 0.5) is 0 Å². The summed E-state index contributed by atoms with van der Waals surface area (Å²) in [6, 6.07) is 3.71. The molecular formula is C13H17N3O3S2. The largest absolute Gasteiger partial charge is 0.383 e. The minimum atomic E-state index is -3.66. The molecule has 1 aliphatic rings. The molecular weight excluding hydrogens is 310 g/mol. The van der Waals surface area contributed by atoms with E-state index in [0.717, 1.165) is 17.7 Å².